The van der Waals surface area contributed by atoms with E-state index in [1.807, 2.05) is 45.0 Å². The zero-order valence-electron chi connectivity index (χ0n) is 10.5. The van der Waals surface area contributed by atoms with E-state index in [0.717, 1.165) is 10.9 Å². The molecular weight excluding hydrogens is 250 g/mol. The third-order valence-corrected chi connectivity index (χ3v) is 2.58. The minimum Gasteiger partial charge on any atom is -0.456 e. The first kappa shape index (κ1) is 12.8. The van der Waals surface area contributed by atoms with Gasteiger partial charge in [-0.25, -0.2) is 9.78 Å². The molecule has 4 heteroatoms. The number of aromatic nitrogens is 1. The van der Waals surface area contributed by atoms with E-state index < -0.39 is 11.6 Å². The molecule has 2 rings (SSSR count). The summed E-state index contributed by atoms with van der Waals surface area (Å²) in [6.07, 6.45) is 0. The molecule has 2 aromatic rings. The number of rotatable bonds is 1. The van der Waals surface area contributed by atoms with Crippen LogP contribution in [-0.4, -0.2) is 16.6 Å². The summed E-state index contributed by atoms with van der Waals surface area (Å²) in [6.45, 7) is 5.44. The molecule has 1 aromatic heterocycles. The molecule has 1 heterocycles. The number of hydrogen-bond donors (Lipinski definition) is 0. The van der Waals surface area contributed by atoms with E-state index in [0.29, 0.717) is 5.56 Å². The Morgan fingerprint density at radius 3 is 2.61 bits per heavy atom. The Kier molecular flexibility index (Phi) is 3.26. The zero-order valence-corrected chi connectivity index (χ0v) is 11.3. The standard InChI is InChI=1S/C14H14ClNO2/c1-14(2,3)18-13(17)10-8-9-6-4-5-7-11(9)16-12(10)15/h4-8H,1-3H3. The second-order valence-corrected chi connectivity index (χ2v) is 5.38. The van der Waals surface area contributed by atoms with E-state index in [2.05, 4.69) is 4.98 Å². The van der Waals surface area contributed by atoms with Crippen molar-refractivity contribution in [3.05, 3.63) is 41.0 Å². The van der Waals surface area contributed by atoms with Crippen molar-refractivity contribution in [2.24, 2.45) is 0 Å². The normalized spacial score (nSPS) is 11.6. The molecule has 0 atom stereocenters. The minimum atomic E-state index is -0.550. The predicted molar refractivity (Wildman–Crippen MR) is 71.9 cm³/mol. The summed E-state index contributed by atoms with van der Waals surface area (Å²) in [4.78, 5) is 16.2. The van der Waals surface area contributed by atoms with Crippen LogP contribution in [0.15, 0.2) is 30.3 Å². The van der Waals surface area contributed by atoms with Crippen molar-refractivity contribution in [2.45, 2.75) is 26.4 Å². The molecule has 0 bridgehead atoms. The summed E-state index contributed by atoms with van der Waals surface area (Å²) in [5.74, 6) is -0.453. The fourth-order valence-electron chi connectivity index (χ4n) is 1.57. The van der Waals surface area contributed by atoms with Crippen LogP contribution >= 0.6 is 11.6 Å². The fraction of sp³-hybridized carbons (Fsp3) is 0.286. The highest BCUT2D eigenvalue weighted by molar-refractivity contribution is 6.33. The Morgan fingerprint density at radius 1 is 1.28 bits per heavy atom. The summed E-state index contributed by atoms with van der Waals surface area (Å²) in [5, 5.41) is 1.03. The van der Waals surface area contributed by atoms with Crippen molar-refractivity contribution < 1.29 is 9.53 Å². The van der Waals surface area contributed by atoms with E-state index in [9.17, 15) is 4.79 Å². The number of carbonyl (C=O) groups excluding carboxylic acids is 1. The molecule has 0 fully saturated rings. The highest BCUT2D eigenvalue weighted by Gasteiger charge is 2.21. The fourth-order valence-corrected chi connectivity index (χ4v) is 1.79. The Hall–Kier alpha value is -1.61. The molecule has 0 aliphatic heterocycles. The topological polar surface area (TPSA) is 39.2 Å². The van der Waals surface area contributed by atoms with Crippen molar-refractivity contribution in [3.8, 4) is 0 Å². The number of pyridine rings is 1. The van der Waals surface area contributed by atoms with Gasteiger partial charge >= 0.3 is 5.97 Å². The molecule has 0 amide bonds. The number of fused-ring (bicyclic) bond motifs is 1. The third kappa shape index (κ3) is 2.79. The Morgan fingerprint density at radius 2 is 1.94 bits per heavy atom. The SMILES string of the molecule is CC(C)(C)OC(=O)c1cc2ccccc2nc1Cl. The van der Waals surface area contributed by atoms with Crippen molar-refractivity contribution in [3.63, 3.8) is 0 Å². The summed E-state index contributed by atoms with van der Waals surface area (Å²) in [5.41, 5.74) is 0.506. The number of ether oxygens (including phenoxy) is 1. The van der Waals surface area contributed by atoms with Gasteiger partial charge in [-0.1, -0.05) is 29.8 Å². The number of para-hydroxylation sites is 1. The molecule has 94 valence electrons. The van der Waals surface area contributed by atoms with E-state index in [-0.39, 0.29) is 5.15 Å². The monoisotopic (exact) mass is 263 g/mol. The summed E-state index contributed by atoms with van der Waals surface area (Å²) in [6, 6.07) is 9.20. The van der Waals surface area contributed by atoms with Gasteiger partial charge in [-0.15, -0.1) is 0 Å². The van der Waals surface area contributed by atoms with Crippen LogP contribution in [0.5, 0.6) is 0 Å². The lowest BCUT2D eigenvalue weighted by Crippen LogP contribution is -2.24. The third-order valence-electron chi connectivity index (χ3n) is 2.30. The number of esters is 1. The number of nitrogens with zero attached hydrogens (tertiary/aromatic N) is 1. The predicted octanol–water partition coefficient (Wildman–Crippen LogP) is 3.84. The smallest absolute Gasteiger partial charge is 0.341 e. The van der Waals surface area contributed by atoms with Crippen LogP contribution in [-0.2, 0) is 4.74 Å². The lowest BCUT2D eigenvalue weighted by Gasteiger charge is -2.19. The first-order valence-corrected chi connectivity index (χ1v) is 6.03. The number of hydrogen-bond acceptors (Lipinski definition) is 3. The summed E-state index contributed by atoms with van der Waals surface area (Å²) >= 11 is 6.01. The average molecular weight is 264 g/mol. The largest absolute Gasteiger partial charge is 0.456 e. The van der Waals surface area contributed by atoms with E-state index in [1.165, 1.54) is 0 Å². The summed E-state index contributed by atoms with van der Waals surface area (Å²) in [7, 11) is 0. The molecule has 3 nitrogen and oxygen atoms in total. The molecular formula is C14H14ClNO2. The molecule has 0 N–H and O–H groups in total. The molecule has 0 spiro atoms. The molecule has 0 aliphatic rings. The lowest BCUT2D eigenvalue weighted by molar-refractivity contribution is 0.00695. The highest BCUT2D eigenvalue weighted by Crippen LogP contribution is 2.22. The second-order valence-electron chi connectivity index (χ2n) is 5.02. The number of carbonyl (C=O) groups is 1. The Bertz CT molecular complexity index is 602. The van der Waals surface area contributed by atoms with Gasteiger partial charge in [0.15, 0.2) is 0 Å². The van der Waals surface area contributed by atoms with Crippen LogP contribution in [0.4, 0.5) is 0 Å². The molecule has 1 aromatic carbocycles. The van der Waals surface area contributed by atoms with Crippen molar-refractivity contribution in [1.82, 2.24) is 4.98 Å². The van der Waals surface area contributed by atoms with Gasteiger partial charge in [0.25, 0.3) is 0 Å². The molecule has 18 heavy (non-hydrogen) atoms. The maximum atomic E-state index is 12.0. The van der Waals surface area contributed by atoms with Gasteiger partial charge in [-0.05, 0) is 32.9 Å². The molecule has 0 aliphatic carbocycles. The number of halogens is 1. The molecule has 0 saturated heterocycles. The van der Waals surface area contributed by atoms with Gasteiger partial charge in [-0.2, -0.15) is 0 Å². The summed E-state index contributed by atoms with van der Waals surface area (Å²) < 4.78 is 5.29. The Balaban J connectivity index is 2.45. The van der Waals surface area contributed by atoms with Gasteiger partial charge in [0.2, 0.25) is 0 Å². The first-order chi connectivity index (χ1) is 8.37. The van der Waals surface area contributed by atoms with Crippen molar-refractivity contribution in [2.75, 3.05) is 0 Å². The van der Waals surface area contributed by atoms with E-state index >= 15 is 0 Å². The zero-order chi connectivity index (χ0) is 13.3. The van der Waals surface area contributed by atoms with Crippen molar-refractivity contribution in [1.29, 1.82) is 0 Å². The van der Waals surface area contributed by atoms with E-state index in [4.69, 9.17) is 16.3 Å². The quantitative estimate of drug-likeness (QED) is 0.580. The molecule has 0 unspecified atom stereocenters. The van der Waals surface area contributed by atoms with Crippen LogP contribution in [0.2, 0.25) is 5.15 Å². The lowest BCUT2D eigenvalue weighted by atomic mass is 10.1. The molecule has 0 radical (unpaired) electrons. The van der Waals surface area contributed by atoms with Crippen LogP contribution in [0, 0.1) is 0 Å². The van der Waals surface area contributed by atoms with Gasteiger partial charge in [-0.3, -0.25) is 0 Å². The first-order valence-electron chi connectivity index (χ1n) is 5.65. The Labute approximate surface area is 111 Å². The van der Waals surface area contributed by atoms with Crippen LogP contribution in [0.1, 0.15) is 31.1 Å². The second kappa shape index (κ2) is 4.58. The van der Waals surface area contributed by atoms with Gasteiger partial charge in [0.1, 0.15) is 10.8 Å². The van der Waals surface area contributed by atoms with Crippen LogP contribution in [0.25, 0.3) is 10.9 Å². The van der Waals surface area contributed by atoms with E-state index in [1.54, 1.807) is 6.07 Å². The maximum Gasteiger partial charge on any atom is 0.341 e. The van der Waals surface area contributed by atoms with Crippen LogP contribution < -0.4 is 0 Å². The number of benzene rings is 1. The van der Waals surface area contributed by atoms with Gasteiger partial charge < -0.3 is 4.74 Å². The average Bonchev–Trinajstić information content (AvgIpc) is 2.25. The van der Waals surface area contributed by atoms with Gasteiger partial charge in [0.05, 0.1) is 11.1 Å². The molecule has 0 saturated carbocycles. The maximum absolute atomic E-state index is 12.0. The minimum absolute atomic E-state index is 0.169. The van der Waals surface area contributed by atoms with Gasteiger partial charge in [0, 0.05) is 5.39 Å². The van der Waals surface area contributed by atoms with Crippen molar-refractivity contribution >= 4 is 28.5 Å². The highest BCUT2D eigenvalue weighted by atomic mass is 35.5. The van der Waals surface area contributed by atoms with Crippen LogP contribution in [0.3, 0.4) is 0 Å².